The molecule has 5 heteroatoms. The van der Waals surface area contributed by atoms with Gasteiger partial charge in [0.15, 0.2) is 9.84 Å². The van der Waals surface area contributed by atoms with Crippen molar-refractivity contribution in [2.24, 2.45) is 0 Å². The van der Waals surface area contributed by atoms with Crippen LogP contribution in [0.5, 0.6) is 0 Å². The third-order valence-corrected chi connectivity index (χ3v) is 4.55. The van der Waals surface area contributed by atoms with Gasteiger partial charge in [0.2, 0.25) is 0 Å². The minimum atomic E-state index is -3.12. The Kier molecular flexibility index (Phi) is 3.96. The normalized spacial score (nSPS) is 20.3. The highest BCUT2D eigenvalue weighted by atomic mass is 32.2. The highest BCUT2D eigenvalue weighted by Gasteiger charge is 2.20. The van der Waals surface area contributed by atoms with Crippen molar-refractivity contribution in [2.75, 3.05) is 25.9 Å². The first-order chi connectivity index (χ1) is 8.88. The van der Waals surface area contributed by atoms with E-state index in [9.17, 15) is 8.42 Å². The smallest absolute Gasteiger partial charge is 0.175 e. The van der Waals surface area contributed by atoms with Crippen LogP contribution in [0.4, 0.5) is 0 Å². The first-order valence-corrected chi connectivity index (χ1v) is 8.21. The monoisotopic (exact) mass is 280 g/mol. The lowest BCUT2D eigenvalue weighted by molar-refractivity contribution is 0.249. The molecule has 4 nitrogen and oxygen atoms in total. The van der Waals surface area contributed by atoms with Gasteiger partial charge in [-0.15, -0.1) is 0 Å². The van der Waals surface area contributed by atoms with Gasteiger partial charge in [-0.05, 0) is 24.6 Å². The number of hydrogen-bond acceptors (Lipinski definition) is 4. The van der Waals surface area contributed by atoms with Crippen LogP contribution in [0, 0.1) is 0 Å². The van der Waals surface area contributed by atoms with Crippen LogP contribution >= 0.6 is 0 Å². The van der Waals surface area contributed by atoms with E-state index >= 15 is 0 Å². The van der Waals surface area contributed by atoms with Crippen LogP contribution in [-0.2, 0) is 9.84 Å². The second-order valence-electron chi connectivity index (χ2n) is 5.03. The number of piperazine rings is 1. The lowest BCUT2D eigenvalue weighted by Crippen LogP contribution is -2.44. The van der Waals surface area contributed by atoms with Gasteiger partial charge in [-0.3, -0.25) is 0 Å². The number of hydrogen-bond donors (Lipinski definition) is 1. The van der Waals surface area contributed by atoms with Crippen LogP contribution < -0.4 is 5.32 Å². The molecule has 1 aliphatic heterocycles. The number of benzene rings is 1. The summed E-state index contributed by atoms with van der Waals surface area (Å²) >= 11 is 0. The molecule has 1 aromatic rings. The summed E-state index contributed by atoms with van der Waals surface area (Å²) in [6.45, 7) is 8.72. The summed E-state index contributed by atoms with van der Waals surface area (Å²) < 4.78 is 22.9. The molecule has 0 saturated carbocycles. The van der Waals surface area contributed by atoms with Crippen molar-refractivity contribution in [3.63, 3.8) is 0 Å². The Labute approximate surface area is 115 Å². The van der Waals surface area contributed by atoms with E-state index in [0.29, 0.717) is 4.90 Å². The summed E-state index contributed by atoms with van der Waals surface area (Å²) in [5.41, 5.74) is 2.18. The fourth-order valence-electron chi connectivity index (χ4n) is 2.27. The zero-order chi connectivity index (χ0) is 14.0. The third kappa shape index (κ3) is 3.36. The molecular formula is C14H20N2O2S. The Morgan fingerprint density at radius 2 is 2.00 bits per heavy atom. The quantitative estimate of drug-likeness (QED) is 0.913. The summed E-state index contributed by atoms with van der Waals surface area (Å²) in [6.07, 6.45) is 1.23. The Hall–Kier alpha value is -1.33. The topological polar surface area (TPSA) is 49.4 Å². The molecule has 1 heterocycles. The zero-order valence-corrected chi connectivity index (χ0v) is 12.2. The van der Waals surface area contributed by atoms with Crippen LogP contribution in [-0.4, -0.2) is 39.2 Å². The molecule has 1 aliphatic rings. The average Bonchev–Trinajstić information content (AvgIpc) is 2.38. The lowest BCUT2D eigenvalue weighted by atomic mass is 10.0. The molecule has 0 bridgehead atoms. The summed E-state index contributed by atoms with van der Waals surface area (Å²) in [5, 5.41) is 3.45. The SMILES string of the molecule is C=C(C)N1CCNC(c2ccc(S(C)(=O)=O)cc2)C1. The number of allylic oxidation sites excluding steroid dienone is 1. The third-order valence-electron chi connectivity index (χ3n) is 3.43. The van der Waals surface area contributed by atoms with Crippen molar-refractivity contribution in [3.05, 3.63) is 42.1 Å². The lowest BCUT2D eigenvalue weighted by Gasteiger charge is -2.35. The number of nitrogens with zero attached hydrogens (tertiary/aromatic N) is 1. The second-order valence-corrected chi connectivity index (χ2v) is 7.04. The minimum Gasteiger partial charge on any atom is -0.372 e. The van der Waals surface area contributed by atoms with E-state index in [1.165, 1.54) is 6.26 Å². The Morgan fingerprint density at radius 1 is 1.37 bits per heavy atom. The van der Waals surface area contributed by atoms with Gasteiger partial charge in [0.1, 0.15) is 0 Å². The summed E-state index contributed by atoms with van der Waals surface area (Å²) in [4.78, 5) is 2.61. The molecule has 2 rings (SSSR count). The number of rotatable bonds is 3. The molecule has 1 unspecified atom stereocenters. The van der Waals surface area contributed by atoms with Crippen LogP contribution in [0.25, 0.3) is 0 Å². The standard InChI is InChI=1S/C14H20N2O2S/c1-11(2)16-9-8-15-14(10-16)12-4-6-13(7-5-12)19(3,17)18/h4-7,14-15H,1,8-10H2,2-3H3. The maximum absolute atomic E-state index is 11.4. The van der Waals surface area contributed by atoms with Crippen LogP contribution in [0.2, 0.25) is 0 Å². The number of sulfone groups is 1. The molecule has 1 N–H and O–H groups in total. The highest BCUT2D eigenvalue weighted by Crippen LogP contribution is 2.21. The predicted molar refractivity (Wildman–Crippen MR) is 76.7 cm³/mol. The van der Waals surface area contributed by atoms with Crippen molar-refractivity contribution in [2.45, 2.75) is 17.9 Å². The van der Waals surface area contributed by atoms with Crippen molar-refractivity contribution in [1.29, 1.82) is 0 Å². The maximum Gasteiger partial charge on any atom is 0.175 e. The van der Waals surface area contributed by atoms with Crippen molar-refractivity contribution < 1.29 is 8.42 Å². The summed E-state index contributed by atoms with van der Waals surface area (Å²) in [6, 6.07) is 7.34. The average molecular weight is 280 g/mol. The molecule has 1 atom stereocenters. The molecule has 0 spiro atoms. The van der Waals surface area contributed by atoms with E-state index < -0.39 is 9.84 Å². The van der Waals surface area contributed by atoms with Gasteiger partial charge in [-0.25, -0.2) is 8.42 Å². The molecule has 0 amide bonds. The Balaban J connectivity index is 2.16. The van der Waals surface area contributed by atoms with Gasteiger partial charge >= 0.3 is 0 Å². The molecule has 0 radical (unpaired) electrons. The van der Waals surface area contributed by atoms with E-state index in [2.05, 4.69) is 16.8 Å². The highest BCUT2D eigenvalue weighted by molar-refractivity contribution is 7.90. The Bertz CT molecular complexity index is 564. The van der Waals surface area contributed by atoms with E-state index in [4.69, 9.17) is 0 Å². The second kappa shape index (κ2) is 5.35. The summed E-state index contributed by atoms with van der Waals surface area (Å²) in [5.74, 6) is 0. The summed E-state index contributed by atoms with van der Waals surface area (Å²) in [7, 11) is -3.12. The van der Waals surface area contributed by atoms with E-state index in [1.54, 1.807) is 12.1 Å². The van der Waals surface area contributed by atoms with Crippen LogP contribution in [0.3, 0.4) is 0 Å². The van der Waals surface area contributed by atoms with Gasteiger partial charge in [-0.1, -0.05) is 18.7 Å². The van der Waals surface area contributed by atoms with E-state index in [0.717, 1.165) is 30.9 Å². The zero-order valence-electron chi connectivity index (χ0n) is 11.4. The largest absolute Gasteiger partial charge is 0.372 e. The predicted octanol–water partition coefficient (Wildman–Crippen LogP) is 1.57. The molecule has 1 saturated heterocycles. The van der Waals surface area contributed by atoms with Gasteiger partial charge < -0.3 is 10.2 Å². The van der Waals surface area contributed by atoms with Crippen LogP contribution in [0.1, 0.15) is 18.5 Å². The molecular weight excluding hydrogens is 260 g/mol. The van der Waals surface area contributed by atoms with Gasteiger partial charge in [0, 0.05) is 37.6 Å². The molecule has 1 fully saturated rings. The van der Waals surface area contributed by atoms with E-state index in [1.807, 2.05) is 19.1 Å². The molecule has 1 aromatic carbocycles. The fourth-order valence-corrected chi connectivity index (χ4v) is 2.90. The molecule has 0 aromatic heterocycles. The first-order valence-electron chi connectivity index (χ1n) is 6.32. The molecule has 19 heavy (non-hydrogen) atoms. The van der Waals surface area contributed by atoms with Gasteiger partial charge in [0.25, 0.3) is 0 Å². The molecule has 0 aliphatic carbocycles. The van der Waals surface area contributed by atoms with Crippen molar-refractivity contribution in [1.82, 2.24) is 10.2 Å². The minimum absolute atomic E-state index is 0.221. The van der Waals surface area contributed by atoms with Crippen LogP contribution in [0.15, 0.2) is 41.4 Å². The maximum atomic E-state index is 11.4. The van der Waals surface area contributed by atoms with Crippen molar-refractivity contribution >= 4 is 9.84 Å². The Morgan fingerprint density at radius 3 is 2.53 bits per heavy atom. The fraction of sp³-hybridized carbons (Fsp3) is 0.429. The van der Waals surface area contributed by atoms with Gasteiger partial charge in [-0.2, -0.15) is 0 Å². The first kappa shape index (κ1) is 14.1. The van der Waals surface area contributed by atoms with Crippen molar-refractivity contribution in [3.8, 4) is 0 Å². The van der Waals surface area contributed by atoms with Gasteiger partial charge in [0.05, 0.1) is 4.90 Å². The van der Waals surface area contributed by atoms with E-state index in [-0.39, 0.29) is 6.04 Å². The molecule has 104 valence electrons. The number of nitrogens with one attached hydrogen (secondary N) is 1.